The zero-order valence-corrected chi connectivity index (χ0v) is 18.0. The molecule has 0 spiro atoms. The van der Waals surface area contributed by atoms with Crippen LogP contribution in [0.25, 0.3) is 11.0 Å². The second-order valence-corrected chi connectivity index (χ2v) is 7.50. The number of aromatic amines is 1. The number of nitrogens with zero attached hydrogens (tertiary/aromatic N) is 2. The van der Waals surface area contributed by atoms with Gasteiger partial charge in [-0.05, 0) is 68.6 Å². The number of fused-ring (bicyclic) bond motifs is 1. The molecule has 0 bridgehead atoms. The van der Waals surface area contributed by atoms with Crippen LogP contribution in [0, 0.1) is 6.92 Å². The van der Waals surface area contributed by atoms with Crippen molar-refractivity contribution in [2.75, 3.05) is 19.6 Å². The van der Waals surface area contributed by atoms with Gasteiger partial charge < -0.3 is 10.7 Å². The quantitative estimate of drug-likeness (QED) is 0.633. The van der Waals surface area contributed by atoms with E-state index in [1.807, 2.05) is 0 Å². The number of rotatable bonds is 5. The number of aryl methyl sites for hydroxylation is 1. The van der Waals surface area contributed by atoms with Crippen molar-refractivity contribution in [1.29, 1.82) is 0 Å². The fourth-order valence-corrected chi connectivity index (χ4v) is 3.99. The number of benzene rings is 2. The Kier molecular flexibility index (Phi) is 8.32. The van der Waals surface area contributed by atoms with E-state index in [1.54, 1.807) is 0 Å². The molecule has 1 fully saturated rings. The van der Waals surface area contributed by atoms with Crippen molar-refractivity contribution in [2.45, 2.75) is 38.6 Å². The van der Waals surface area contributed by atoms with Crippen LogP contribution in [0.5, 0.6) is 0 Å². The lowest BCUT2D eigenvalue weighted by Crippen LogP contribution is -2.32. The summed E-state index contributed by atoms with van der Waals surface area (Å²) >= 11 is 0. The second kappa shape index (κ2) is 10.3. The van der Waals surface area contributed by atoms with Crippen molar-refractivity contribution in [3.8, 4) is 0 Å². The fraction of sp³-hybridized carbons (Fsp3) is 0.409. The molecule has 2 heterocycles. The number of para-hydroxylation sites is 1. The molecule has 0 radical (unpaired) electrons. The van der Waals surface area contributed by atoms with Gasteiger partial charge >= 0.3 is 0 Å². The number of halogens is 2. The molecule has 152 valence electrons. The van der Waals surface area contributed by atoms with Gasteiger partial charge in [-0.3, -0.25) is 4.90 Å². The predicted molar refractivity (Wildman–Crippen MR) is 122 cm³/mol. The molecule has 0 atom stereocenters. The van der Waals surface area contributed by atoms with Gasteiger partial charge in [0.2, 0.25) is 0 Å². The molecule has 0 saturated carbocycles. The first-order chi connectivity index (χ1) is 12.7. The maximum atomic E-state index is 5.63. The molecule has 0 amide bonds. The lowest BCUT2D eigenvalue weighted by Gasteiger charge is -2.31. The number of piperidine rings is 1. The van der Waals surface area contributed by atoms with Crippen LogP contribution in [0.2, 0.25) is 0 Å². The number of nitrogens with one attached hydrogen (secondary N) is 1. The first-order valence-corrected chi connectivity index (χ1v) is 9.68. The fourth-order valence-electron chi connectivity index (χ4n) is 3.99. The van der Waals surface area contributed by atoms with Crippen LogP contribution < -0.4 is 5.73 Å². The molecule has 0 unspecified atom stereocenters. The van der Waals surface area contributed by atoms with Gasteiger partial charge in [0, 0.05) is 12.5 Å². The Hall–Kier alpha value is -1.59. The first-order valence-electron chi connectivity index (χ1n) is 9.68. The first kappa shape index (κ1) is 22.7. The SMILES string of the molecule is Cc1cccc2[nH]c(C3CCN(Cc4ccc(CCN)cc4)CC3)nc12.Cl.Cl. The molecule has 6 heteroatoms. The number of hydrogen-bond donors (Lipinski definition) is 2. The summed E-state index contributed by atoms with van der Waals surface area (Å²) in [6, 6.07) is 15.3. The number of imidazole rings is 1. The van der Waals surface area contributed by atoms with E-state index in [9.17, 15) is 0 Å². The molecule has 3 aromatic rings. The van der Waals surface area contributed by atoms with Gasteiger partial charge in [0.05, 0.1) is 11.0 Å². The van der Waals surface area contributed by atoms with E-state index in [1.165, 1.54) is 40.9 Å². The van der Waals surface area contributed by atoms with Crippen LogP contribution in [-0.2, 0) is 13.0 Å². The number of nitrogens with two attached hydrogens (primary N) is 1. The maximum absolute atomic E-state index is 5.63. The highest BCUT2D eigenvalue weighted by Crippen LogP contribution is 2.29. The highest BCUT2D eigenvalue weighted by molar-refractivity contribution is 5.85. The largest absolute Gasteiger partial charge is 0.342 e. The summed E-state index contributed by atoms with van der Waals surface area (Å²) in [5, 5.41) is 0. The Labute approximate surface area is 179 Å². The van der Waals surface area contributed by atoms with Gasteiger partial charge in [0.15, 0.2) is 0 Å². The topological polar surface area (TPSA) is 57.9 Å². The Morgan fingerprint density at radius 3 is 2.36 bits per heavy atom. The third-order valence-corrected chi connectivity index (χ3v) is 5.57. The van der Waals surface area contributed by atoms with Crippen LogP contribution in [0.15, 0.2) is 42.5 Å². The molecule has 1 aliphatic heterocycles. The van der Waals surface area contributed by atoms with Gasteiger partial charge in [0.1, 0.15) is 5.82 Å². The smallest absolute Gasteiger partial charge is 0.110 e. The molecule has 1 aromatic heterocycles. The van der Waals surface area contributed by atoms with Gasteiger partial charge in [-0.1, -0.05) is 36.4 Å². The molecular formula is C22H30Cl2N4. The van der Waals surface area contributed by atoms with E-state index in [0.717, 1.165) is 31.6 Å². The van der Waals surface area contributed by atoms with Gasteiger partial charge in [-0.2, -0.15) is 0 Å². The van der Waals surface area contributed by atoms with Gasteiger partial charge in [0.25, 0.3) is 0 Å². The van der Waals surface area contributed by atoms with E-state index in [2.05, 4.69) is 59.3 Å². The Bertz CT molecular complexity index is 868. The van der Waals surface area contributed by atoms with E-state index in [4.69, 9.17) is 10.7 Å². The molecule has 1 aliphatic rings. The predicted octanol–water partition coefficient (Wildman–Crippen LogP) is 4.60. The van der Waals surface area contributed by atoms with Crippen molar-refractivity contribution >= 4 is 35.8 Å². The number of H-pyrrole nitrogens is 1. The summed E-state index contributed by atoms with van der Waals surface area (Å²) in [4.78, 5) is 11.0. The van der Waals surface area contributed by atoms with Crippen LogP contribution in [-0.4, -0.2) is 34.5 Å². The summed E-state index contributed by atoms with van der Waals surface area (Å²) in [5.41, 5.74) is 11.9. The minimum atomic E-state index is 0. The normalized spacial score (nSPS) is 15.2. The van der Waals surface area contributed by atoms with Gasteiger partial charge in [-0.15, -0.1) is 24.8 Å². The van der Waals surface area contributed by atoms with Crippen molar-refractivity contribution < 1.29 is 0 Å². The van der Waals surface area contributed by atoms with E-state index in [-0.39, 0.29) is 24.8 Å². The Balaban J connectivity index is 0.00000140. The van der Waals surface area contributed by atoms with Crippen LogP contribution in [0.1, 0.15) is 41.3 Å². The zero-order chi connectivity index (χ0) is 17.9. The van der Waals surface area contributed by atoms with Gasteiger partial charge in [-0.25, -0.2) is 4.98 Å². The Morgan fingerprint density at radius 2 is 1.71 bits per heavy atom. The average molecular weight is 421 g/mol. The maximum Gasteiger partial charge on any atom is 0.110 e. The van der Waals surface area contributed by atoms with Crippen molar-refractivity contribution in [3.63, 3.8) is 0 Å². The summed E-state index contributed by atoms with van der Waals surface area (Å²) < 4.78 is 0. The summed E-state index contributed by atoms with van der Waals surface area (Å²) in [7, 11) is 0. The average Bonchev–Trinajstić information content (AvgIpc) is 3.10. The number of aromatic nitrogens is 2. The molecule has 3 N–H and O–H groups in total. The van der Waals surface area contributed by atoms with E-state index >= 15 is 0 Å². The lowest BCUT2D eigenvalue weighted by molar-refractivity contribution is 0.202. The molecule has 4 nitrogen and oxygen atoms in total. The minimum Gasteiger partial charge on any atom is -0.342 e. The third kappa shape index (κ3) is 5.06. The molecule has 4 rings (SSSR count). The van der Waals surface area contributed by atoms with Crippen LogP contribution in [0.4, 0.5) is 0 Å². The third-order valence-electron chi connectivity index (χ3n) is 5.57. The minimum absolute atomic E-state index is 0. The number of hydrogen-bond acceptors (Lipinski definition) is 3. The summed E-state index contributed by atoms with van der Waals surface area (Å²) in [5.74, 6) is 1.71. The van der Waals surface area contributed by atoms with Crippen molar-refractivity contribution in [1.82, 2.24) is 14.9 Å². The van der Waals surface area contributed by atoms with E-state index < -0.39 is 0 Å². The summed E-state index contributed by atoms with van der Waals surface area (Å²) in [6.07, 6.45) is 3.30. The molecule has 1 saturated heterocycles. The van der Waals surface area contributed by atoms with Crippen LogP contribution in [0.3, 0.4) is 0 Å². The molecular weight excluding hydrogens is 391 g/mol. The number of likely N-dealkylation sites (tertiary alicyclic amines) is 1. The van der Waals surface area contributed by atoms with Crippen molar-refractivity contribution in [2.24, 2.45) is 5.73 Å². The molecule has 0 aliphatic carbocycles. The lowest BCUT2D eigenvalue weighted by atomic mass is 9.95. The summed E-state index contributed by atoms with van der Waals surface area (Å²) in [6.45, 7) is 6.15. The standard InChI is InChI=1S/C22H28N4.2ClH/c1-16-3-2-4-20-21(16)25-22(24-20)19-10-13-26(14-11-19)15-18-7-5-17(6-8-18)9-12-23;;/h2-8,19H,9-15,23H2,1H3,(H,24,25);2*1H. The van der Waals surface area contributed by atoms with Crippen LogP contribution >= 0.6 is 24.8 Å². The highest BCUT2D eigenvalue weighted by Gasteiger charge is 2.23. The van der Waals surface area contributed by atoms with Crippen molar-refractivity contribution in [3.05, 3.63) is 65.0 Å². The Morgan fingerprint density at radius 1 is 1.04 bits per heavy atom. The molecule has 28 heavy (non-hydrogen) atoms. The monoisotopic (exact) mass is 420 g/mol. The van der Waals surface area contributed by atoms with E-state index in [0.29, 0.717) is 12.5 Å². The molecule has 2 aromatic carbocycles. The zero-order valence-electron chi connectivity index (χ0n) is 16.4. The highest BCUT2D eigenvalue weighted by atomic mass is 35.5. The second-order valence-electron chi connectivity index (χ2n) is 7.50.